The normalized spacial score (nSPS) is 12.0. The third-order valence-electron chi connectivity index (χ3n) is 19.1. The SMILES string of the molecule is C.COC(=O)c1sc2cc(OC)ccc2c1Cl.COc1ccc(/C=C/C(=O)O)cc1.COc1ccc2c(Cl)c(C(=O)c3c(C)cc(F)cc3C)sc2c1.Cc1cc(F)cc(C)c1Br.Cc1cc(F)cc(C)c1C(=O)c1sc2cc(O)ccc2c1Cl.Cc1ccc2c(Cl)c(C(=O)c3c(C)cc(F)cc3C)sc2c1.Oc1ccc(O[C@H]2CCN(CCCF)C2)cc1. The van der Waals surface area contributed by atoms with E-state index in [2.05, 4.69) is 25.6 Å². The number of aryl methyl sites for hydroxylation is 9. The number of aliphatic carboxylic acids is 1. The summed E-state index contributed by atoms with van der Waals surface area (Å²) in [5, 5.41) is 32.1. The van der Waals surface area contributed by atoms with Crippen LogP contribution in [0.3, 0.4) is 0 Å². The highest BCUT2D eigenvalue weighted by Crippen LogP contribution is 2.43. The molecule has 0 bridgehead atoms. The zero-order valence-corrected chi connectivity index (χ0v) is 76.8. The van der Waals surface area contributed by atoms with E-state index in [4.69, 9.17) is 75.6 Å². The second kappa shape index (κ2) is 45.6. The van der Waals surface area contributed by atoms with Crippen LogP contribution < -0.4 is 18.9 Å². The van der Waals surface area contributed by atoms with Crippen LogP contribution in [0, 0.1) is 85.6 Å². The number of ketones is 3. The number of phenolic OH excluding ortho intramolecular Hbond substituents is 2. The van der Waals surface area contributed by atoms with E-state index in [1.165, 1.54) is 113 Å². The number of carbonyl (C=O) groups is 5. The smallest absolute Gasteiger partial charge is 0.349 e. The molecular formula is C96H89BrCl4F5NO13S4. The van der Waals surface area contributed by atoms with Crippen molar-refractivity contribution in [1.82, 2.24) is 4.90 Å². The van der Waals surface area contributed by atoms with E-state index in [0.29, 0.717) is 102 Å². The lowest BCUT2D eigenvalue weighted by Crippen LogP contribution is -2.26. The quantitative estimate of drug-likeness (QED) is 0.0337. The number of carboxylic acid groups (broad SMARTS) is 1. The Kier molecular flexibility index (Phi) is 36.5. The van der Waals surface area contributed by atoms with E-state index >= 15 is 0 Å². The molecule has 1 atom stereocenters. The minimum absolute atomic E-state index is 0. The molecule has 15 rings (SSSR count). The van der Waals surface area contributed by atoms with Crippen LogP contribution in [-0.4, -0.2) is 110 Å². The number of likely N-dealkylation sites (tertiary alicyclic amines) is 1. The summed E-state index contributed by atoms with van der Waals surface area (Å²) in [6, 6.07) is 46.8. The molecule has 0 spiro atoms. The molecule has 1 fully saturated rings. The molecule has 28 heteroatoms. The first-order chi connectivity index (χ1) is 58.4. The van der Waals surface area contributed by atoms with Gasteiger partial charge in [-0.2, -0.15) is 0 Å². The van der Waals surface area contributed by atoms with Crippen molar-refractivity contribution in [2.75, 3.05) is 54.7 Å². The fourth-order valence-corrected chi connectivity index (χ4v) is 19.5. The summed E-state index contributed by atoms with van der Waals surface area (Å²) in [7, 11) is 6.11. The third kappa shape index (κ3) is 25.5. The Hall–Kier alpha value is -10.2. The van der Waals surface area contributed by atoms with Crippen molar-refractivity contribution < 1.29 is 84.9 Å². The lowest BCUT2D eigenvalue weighted by molar-refractivity contribution is -0.131. The van der Waals surface area contributed by atoms with Crippen molar-refractivity contribution >= 4 is 183 Å². The molecule has 14 nitrogen and oxygen atoms in total. The number of rotatable bonds is 17. The van der Waals surface area contributed by atoms with E-state index in [1.807, 2.05) is 75.4 Å². The summed E-state index contributed by atoms with van der Waals surface area (Å²) in [4.78, 5) is 64.3. The number of carbonyl (C=O) groups excluding carboxylic acids is 4. The Balaban J connectivity index is 0.000000182. The second-order valence-corrected chi connectivity index (χ2v) is 34.8. The molecule has 0 aliphatic carbocycles. The minimum atomic E-state index is -0.948. The lowest BCUT2D eigenvalue weighted by atomic mass is 9.98. The number of phenols is 2. The summed E-state index contributed by atoms with van der Waals surface area (Å²) in [5.74, 6) is 0.251. The Bertz CT molecular complexity index is 6010. The van der Waals surface area contributed by atoms with Gasteiger partial charge in [0, 0.05) is 87.2 Å². The molecule has 10 aromatic carbocycles. The van der Waals surface area contributed by atoms with Crippen molar-refractivity contribution in [3.8, 4) is 34.5 Å². The fraction of sp³-hybridized carbons (Fsp3) is 0.219. The van der Waals surface area contributed by atoms with Crippen LogP contribution in [0.15, 0.2) is 180 Å². The molecule has 0 saturated carbocycles. The van der Waals surface area contributed by atoms with Gasteiger partial charge in [-0.05, 0) is 282 Å². The van der Waals surface area contributed by atoms with Gasteiger partial charge in [0.2, 0.25) is 17.3 Å². The topological polar surface area (TPSA) is 195 Å². The number of methoxy groups -OCH3 is 4. The first-order valence-electron chi connectivity index (χ1n) is 37.8. The van der Waals surface area contributed by atoms with Crippen LogP contribution in [0.25, 0.3) is 46.4 Å². The third-order valence-corrected chi connectivity index (χ3v) is 27.0. The van der Waals surface area contributed by atoms with Crippen LogP contribution in [-0.2, 0) is 9.53 Å². The van der Waals surface area contributed by atoms with E-state index in [9.17, 15) is 51.0 Å². The summed E-state index contributed by atoms with van der Waals surface area (Å²) in [6.07, 6.45) is 4.39. The van der Waals surface area contributed by atoms with Gasteiger partial charge in [0.1, 0.15) is 68.7 Å². The maximum absolute atomic E-state index is 13.5. The average Bonchev–Trinajstić information content (AvgIpc) is 1.60. The number of ether oxygens (including phenoxy) is 5. The molecule has 3 N–H and O–H groups in total. The Morgan fingerprint density at radius 3 is 1.20 bits per heavy atom. The van der Waals surface area contributed by atoms with Gasteiger partial charge in [0.05, 0.1) is 69.8 Å². The molecule has 14 aromatic rings. The van der Waals surface area contributed by atoms with Gasteiger partial charge >= 0.3 is 11.9 Å². The number of alkyl halides is 1. The van der Waals surface area contributed by atoms with Gasteiger partial charge in [0.15, 0.2) is 0 Å². The fourth-order valence-electron chi connectivity index (χ4n) is 13.3. The lowest BCUT2D eigenvalue weighted by Gasteiger charge is -2.16. The molecule has 124 heavy (non-hydrogen) atoms. The number of esters is 1. The van der Waals surface area contributed by atoms with Crippen molar-refractivity contribution in [3.63, 3.8) is 0 Å². The monoisotopic (exact) mass is 1910 g/mol. The Labute approximate surface area is 760 Å². The van der Waals surface area contributed by atoms with Crippen LogP contribution in [0.2, 0.25) is 20.1 Å². The van der Waals surface area contributed by atoms with Crippen LogP contribution in [0.5, 0.6) is 34.5 Å². The van der Waals surface area contributed by atoms with Crippen molar-refractivity contribution in [2.24, 2.45) is 0 Å². The Morgan fingerprint density at radius 2 is 0.806 bits per heavy atom. The summed E-state index contributed by atoms with van der Waals surface area (Å²) in [6.45, 7) is 18.5. The summed E-state index contributed by atoms with van der Waals surface area (Å²) >= 11 is 33.8. The number of hydrogen-bond donors (Lipinski definition) is 3. The highest BCUT2D eigenvalue weighted by molar-refractivity contribution is 9.10. The van der Waals surface area contributed by atoms with Gasteiger partial charge in [-0.15, -0.1) is 45.3 Å². The molecule has 1 saturated heterocycles. The van der Waals surface area contributed by atoms with Crippen molar-refractivity contribution in [2.45, 2.75) is 88.7 Å². The van der Waals surface area contributed by atoms with E-state index < -0.39 is 11.9 Å². The summed E-state index contributed by atoms with van der Waals surface area (Å²) < 4.78 is 95.2. The number of thiophene rings is 4. The molecule has 0 amide bonds. The largest absolute Gasteiger partial charge is 0.508 e. The predicted molar refractivity (Wildman–Crippen MR) is 500 cm³/mol. The number of benzene rings is 10. The number of fused-ring (bicyclic) bond motifs is 4. The average molecular weight is 1910 g/mol. The highest BCUT2D eigenvalue weighted by atomic mass is 79.9. The van der Waals surface area contributed by atoms with E-state index in [1.54, 1.807) is 124 Å². The number of halogens is 10. The first kappa shape index (κ1) is 99.2. The predicted octanol–water partition coefficient (Wildman–Crippen LogP) is 27.8. The van der Waals surface area contributed by atoms with Crippen LogP contribution in [0.4, 0.5) is 22.0 Å². The first-order valence-corrected chi connectivity index (χ1v) is 43.4. The maximum Gasteiger partial charge on any atom is 0.349 e. The minimum Gasteiger partial charge on any atom is -0.508 e. The highest BCUT2D eigenvalue weighted by Gasteiger charge is 2.28. The number of hydrogen-bond acceptors (Lipinski definition) is 17. The van der Waals surface area contributed by atoms with Gasteiger partial charge in [-0.3, -0.25) is 23.7 Å². The van der Waals surface area contributed by atoms with Crippen molar-refractivity contribution in [3.05, 3.63) is 316 Å². The van der Waals surface area contributed by atoms with Crippen LogP contribution in [0.1, 0.15) is 131 Å². The van der Waals surface area contributed by atoms with Gasteiger partial charge in [0.25, 0.3) is 0 Å². The van der Waals surface area contributed by atoms with Crippen LogP contribution >= 0.6 is 108 Å². The molecule has 1 aliphatic heterocycles. The van der Waals surface area contributed by atoms with E-state index in [-0.39, 0.29) is 72.3 Å². The molecule has 4 aromatic heterocycles. The Morgan fingerprint density at radius 1 is 0.460 bits per heavy atom. The zero-order chi connectivity index (χ0) is 90.0. The van der Waals surface area contributed by atoms with Gasteiger partial charge in [-0.25, -0.2) is 27.2 Å². The van der Waals surface area contributed by atoms with Gasteiger partial charge in [-0.1, -0.05) is 94.0 Å². The number of nitrogens with zero attached hydrogens (tertiary/aromatic N) is 1. The van der Waals surface area contributed by atoms with E-state index in [0.717, 1.165) is 116 Å². The second-order valence-electron chi connectivity index (χ2n) is 28.3. The molecule has 650 valence electrons. The molecule has 0 radical (unpaired) electrons. The molecule has 5 heterocycles. The zero-order valence-electron chi connectivity index (χ0n) is 68.9. The molecule has 0 unspecified atom stereocenters. The standard InChI is InChI=1S/C18H14ClFO2S.C18H14ClFOS.C17H12ClFO2S.C13H18FNO2.C11H9ClO3S.C10H10O3.C8H8BrF.CH4/c1-9-6-11(20)7-10(2)15(9)17(21)18-16(19)13-5-4-12(22-3)8-14(13)23-18;1-9-4-5-13-14(6-9)22-18(16(13)19)17(21)15-10(2)7-12(20)8-11(15)3;1-8-5-10(19)6-9(2)14(8)16(21)17-15(18)12-4-3-11(20)7-13(12)22-17;14-7-1-8-15-9-6-13(10-15)17-12-4-2-11(16)3-5-12;1-14-6-3-4-7-8(5-6)16-10(9(7)12)11(13)15-2;1-13-9-5-2-8(3-6-9)4-7-10(11)12;1-5-3-7(10)4-6(2)8(5)9;/h4-8H,1-3H3;4-8H,1-3H3;3-7,20H,1-2H3;2-5,13,16H,1,6-10H2;3-5H,1-2H3;2-7H,1H3,(H,11,12);3-4H,1-2H3;1H4/b;;;;;7-4+;;/t;;;13-;;;;/m...0..../s1. The molecule has 1 aliphatic rings. The van der Waals surface area contributed by atoms with Gasteiger partial charge < -0.3 is 39.0 Å². The maximum atomic E-state index is 13.5. The number of aromatic hydroxyl groups is 2. The summed E-state index contributed by atoms with van der Waals surface area (Å²) in [5.41, 5.74) is 9.00. The van der Waals surface area contributed by atoms with Crippen molar-refractivity contribution in [1.29, 1.82) is 0 Å². The number of carboxylic acids is 1. The molecular weight excluding hydrogens is 1820 g/mol.